The van der Waals surface area contributed by atoms with Crippen molar-refractivity contribution in [3.63, 3.8) is 0 Å². The molecule has 3 heteroatoms. The molecule has 0 aromatic carbocycles. The highest BCUT2D eigenvalue weighted by Gasteiger charge is 2.60. The van der Waals surface area contributed by atoms with Gasteiger partial charge in [0.05, 0.1) is 6.20 Å². The molecule has 116 valence electrons. The minimum atomic E-state index is 0.475. The summed E-state index contributed by atoms with van der Waals surface area (Å²) in [5.74, 6) is 2.85. The third-order valence-corrected chi connectivity index (χ3v) is 6.25. The Morgan fingerprint density at radius 3 is 2.52 bits per heavy atom. The summed E-state index contributed by atoms with van der Waals surface area (Å²) < 4.78 is 5.94. The molecule has 5 rings (SSSR count). The van der Waals surface area contributed by atoms with Crippen LogP contribution in [0.2, 0.25) is 0 Å². The molecule has 0 saturated heterocycles. The predicted octanol–water partition coefficient (Wildman–Crippen LogP) is 3.71. The molecule has 0 aliphatic heterocycles. The van der Waals surface area contributed by atoms with Crippen LogP contribution in [0.25, 0.3) is 0 Å². The van der Waals surface area contributed by atoms with Gasteiger partial charge in [-0.1, -0.05) is 13.8 Å². The molecule has 0 spiro atoms. The highest BCUT2D eigenvalue weighted by molar-refractivity contribution is 5.13. The van der Waals surface area contributed by atoms with Crippen molar-refractivity contribution in [3.8, 4) is 0 Å². The van der Waals surface area contributed by atoms with E-state index in [1.165, 1.54) is 38.5 Å². The summed E-state index contributed by atoms with van der Waals surface area (Å²) in [6, 6.07) is 0. The molecular formula is C18H28N2O. The molecule has 0 radical (unpaired) electrons. The molecule has 2 atom stereocenters. The van der Waals surface area contributed by atoms with E-state index in [-0.39, 0.29) is 0 Å². The van der Waals surface area contributed by atoms with E-state index >= 15 is 0 Å². The van der Waals surface area contributed by atoms with Gasteiger partial charge >= 0.3 is 0 Å². The van der Waals surface area contributed by atoms with Crippen molar-refractivity contribution >= 4 is 0 Å². The number of nitrogens with zero attached hydrogens (tertiary/aromatic N) is 1. The van der Waals surface area contributed by atoms with Crippen LogP contribution in [-0.4, -0.2) is 11.5 Å². The van der Waals surface area contributed by atoms with Crippen molar-refractivity contribution in [2.75, 3.05) is 6.54 Å². The molecule has 2 N–H and O–H groups in total. The summed E-state index contributed by atoms with van der Waals surface area (Å²) in [4.78, 5) is 4.39. The van der Waals surface area contributed by atoms with Crippen molar-refractivity contribution in [3.05, 3.63) is 17.8 Å². The minimum Gasteiger partial charge on any atom is -0.446 e. The van der Waals surface area contributed by atoms with Gasteiger partial charge in [0.15, 0.2) is 5.89 Å². The van der Waals surface area contributed by atoms with Gasteiger partial charge in [0, 0.05) is 19.4 Å². The van der Waals surface area contributed by atoms with E-state index in [4.69, 9.17) is 10.2 Å². The molecule has 21 heavy (non-hydrogen) atoms. The fourth-order valence-electron chi connectivity index (χ4n) is 6.92. The molecular weight excluding hydrogens is 260 g/mol. The summed E-state index contributed by atoms with van der Waals surface area (Å²) >= 11 is 0. The summed E-state index contributed by atoms with van der Waals surface area (Å²) in [5, 5.41) is 0. The maximum absolute atomic E-state index is 5.94. The molecule has 4 saturated carbocycles. The third kappa shape index (κ3) is 2.34. The van der Waals surface area contributed by atoms with Gasteiger partial charge in [0.2, 0.25) is 0 Å². The quantitative estimate of drug-likeness (QED) is 0.918. The van der Waals surface area contributed by atoms with E-state index in [1.54, 1.807) is 0 Å². The Balaban J connectivity index is 1.59. The van der Waals surface area contributed by atoms with Crippen LogP contribution in [0.15, 0.2) is 10.6 Å². The Kier molecular flexibility index (Phi) is 2.86. The van der Waals surface area contributed by atoms with Gasteiger partial charge in [0.25, 0.3) is 0 Å². The first-order chi connectivity index (χ1) is 9.92. The molecule has 4 aliphatic rings. The molecule has 1 aromatic heterocycles. The van der Waals surface area contributed by atoms with Gasteiger partial charge < -0.3 is 10.2 Å². The summed E-state index contributed by atoms with van der Waals surface area (Å²) in [5.41, 5.74) is 7.22. The Morgan fingerprint density at radius 2 is 1.90 bits per heavy atom. The molecule has 4 bridgehead atoms. The molecule has 2 unspecified atom stereocenters. The maximum Gasteiger partial charge on any atom is 0.195 e. The topological polar surface area (TPSA) is 52.0 Å². The molecule has 0 amide bonds. The lowest BCUT2D eigenvalue weighted by Gasteiger charge is -2.65. The van der Waals surface area contributed by atoms with Crippen molar-refractivity contribution in [2.24, 2.45) is 27.9 Å². The van der Waals surface area contributed by atoms with E-state index in [2.05, 4.69) is 18.8 Å². The van der Waals surface area contributed by atoms with Crippen LogP contribution in [-0.2, 0) is 12.8 Å². The standard InChI is InChI=1S/C18H28N2O/c1-16-5-13-6-17(2,10-16)12-18(7-13,11-16)8-14-9-20-15(21-14)3-4-19/h9,13H,3-8,10-12,19H2,1-2H3. The van der Waals surface area contributed by atoms with E-state index < -0.39 is 0 Å². The van der Waals surface area contributed by atoms with Gasteiger partial charge in [-0.05, 0) is 60.7 Å². The predicted molar refractivity (Wildman–Crippen MR) is 82.8 cm³/mol. The number of hydrogen-bond acceptors (Lipinski definition) is 3. The Hall–Kier alpha value is -0.830. The Morgan fingerprint density at radius 1 is 1.19 bits per heavy atom. The highest BCUT2D eigenvalue weighted by Crippen LogP contribution is 2.70. The number of nitrogens with two attached hydrogens (primary N) is 1. The smallest absolute Gasteiger partial charge is 0.195 e. The van der Waals surface area contributed by atoms with Crippen molar-refractivity contribution in [2.45, 2.75) is 65.2 Å². The Labute approximate surface area is 127 Å². The van der Waals surface area contributed by atoms with Crippen LogP contribution < -0.4 is 5.73 Å². The van der Waals surface area contributed by atoms with Crippen LogP contribution in [0.3, 0.4) is 0 Å². The fourth-order valence-corrected chi connectivity index (χ4v) is 6.92. The van der Waals surface area contributed by atoms with E-state index in [1.807, 2.05) is 6.20 Å². The first-order valence-electron chi connectivity index (χ1n) is 8.55. The second-order valence-electron chi connectivity index (χ2n) is 9.07. The van der Waals surface area contributed by atoms with Crippen LogP contribution >= 0.6 is 0 Å². The largest absolute Gasteiger partial charge is 0.446 e. The SMILES string of the molecule is CC12CC3CC(C)(C1)CC(Cc1cnc(CCN)o1)(C3)C2. The van der Waals surface area contributed by atoms with Gasteiger partial charge in [-0.25, -0.2) is 4.98 Å². The second-order valence-corrected chi connectivity index (χ2v) is 9.07. The van der Waals surface area contributed by atoms with E-state index in [9.17, 15) is 0 Å². The molecule has 1 aromatic rings. The lowest BCUT2D eigenvalue weighted by Crippen LogP contribution is -2.55. The average molecular weight is 288 g/mol. The molecule has 1 heterocycles. The van der Waals surface area contributed by atoms with Crippen molar-refractivity contribution in [1.29, 1.82) is 0 Å². The van der Waals surface area contributed by atoms with Crippen LogP contribution in [0, 0.1) is 22.2 Å². The van der Waals surface area contributed by atoms with Gasteiger partial charge in [-0.3, -0.25) is 0 Å². The number of hydrogen-bond donors (Lipinski definition) is 1. The minimum absolute atomic E-state index is 0.475. The van der Waals surface area contributed by atoms with Gasteiger partial charge in [-0.15, -0.1) is 0 Å². The van der Waals surface area contributed by atoms with E-state index in [0.717, 1.165) is 30.4 Å². The maximum atomic E-state index is 5.94. The number of oxazole rings is 1. The zero-order valence-electron chi connectivity index (χ0n) is 13.5. The monoisotopic (exact) mass is 288 g/mol. The van der Waals surface area contributed by atoms with Crippen molar-refractivity contribution < 1.29 is 4.42 Å². The molecule has 4 fully saturated rings. The number of rotatable bonds is 4. The second kappa shape index (κ2) is 4.34. The summed E-state index contributed by atoms with van der Waals surface area (Å²) in [6.45, 7) is 5.68. The lowest BCUT2D eigenvalue weighted by molar-refractivity contribution is -0.145. The van der Waals surface area contributed by atoms with E-state index in [0.29, 0.717) is 22.8 Å². The fraction of sp³-hybridized carbons (Fsp3) is 0.833. The Bertz CT molecular complexity index is 531. The highest BCUT2D eigenvalue weighted by atomic mass is 16.4. The lowest BCUT2D eigenvalue weighted by atomic mass is 9.40. The van der Waals surface area contributed by atoms with Crippen LogP contribution in [0.4, 0.5) is 0 Å². The first kappa shape index (κ1) is 13.8. The summed E-state index contributed by atoms with van der Waals surface area (Å²) in [6.07, 6.45) is 12.3. The zero-order valence-corrected chi connectivity index (χ0v) is 13.5. The van der Waals surface area contributed by atoms with Crippen LogP contribution in [0.5, 0.6) is 0 Å². The van der Waals surface area contributed by atoms with Crippen molar-refractivity contribution in [1.82, 2.24) is 4.98 Å². The average Bonchev–Trinajstić information content (AvgIpc) is 2.71. The van der Waals surface area contributed by atoms with Gasteiger partial charge in [0.1, 0.15) is 5.76 Å². The first-order valence-corrected chi connectivity index (χ1v) is 8.55. The number of aromatic nitrogens is 1. The van der Waals surface area contributed by atoms with Gasteiger partial charge in [-0.2, -0.15) is 0 Å². The normalized spacial score (nSPS) is 44.4. The third-order valence-electron chi connectivity index (χ3n) is 6.25. The molecule has 4 aliphatic carbocycles. The zero-order chi connectivity index (χ0) is 14.7. The summed E-state index contributed by atoms with van der Waals surface area (Å²) in [7, 11) is 0. The van der Waals surface area contributed by atoms with Crippen LogP contribution in [0.1, 0.15) is 64.0 Å². The molecule has 3 nitrogen and oxygen atoms in total.